The number of fused-ring (bicyclic) bond motifs is 1. The van der Waals surface area contributed by atoms with Crippen LogP contribution in [0.15, 0.2) is 30.6 Å². The normalized spacial score (nSPS) is 14.5. The molecule has 1 aromatic heterocycles. The Kier molecular flexibility index (Phi) is 3.37. The Labute approximate surface area is 111 Å². The van der Waals surface area contributed by atoms with Crippen molar-refractivity contribution in [1.29, 1.82) is 0 Å². The van der Waals surface area contributed by atoms with Crippen molar-refractivity contribution < 1.29 is 4.79 Å². The zero-order chi connectivity index (χ0) is 13.1. The van der Waals surface area contributed by atoms with E-state index < -0.39 is 0 Å². The van der Waals surface area contributed by atoms with Crippen LogP contribution in [0.3, 0.4) is 0 Å². The summed E-state index contributed by atoms with van der Waals surface area (Å²) in [6.07, 6.45) is 6.28. The molecule has 19 heavy (non-hydrogen) atoms. The Morgan fingerprint density at radius 3 is 2.79 bits per heavy atom. The van der Waals surface area contributed by atoms with Crippen LogP contribution in [0.2, 0.25) is 0 Å². The van der Waals surface area contributed by atoms with Crippen LogP contribution >= 0.6 is 0 Å². The van der Waals surface area contributed by atoms with Crippen molar-refractivity contribution in [2.24, 2.45) is 0 Å². The van der Waals surface area contributed by atoms with Gasteiger partial charge in [0.2, 0.25) is 5.91 Å². The highest BCUT2D eigenvalue weighted by Gasteiger charge is 2.20. The van der Waals surface area contributed by atoms with Gasteiger partial charge in [-0.05, 0) is 31.0 Å². The number of nitrogens with one attached hydrogen (secondary N) is 2. The number of amides is 1. The molecule has 1 aliphatic carbocycles. The molecule has 98 valence electrons. The molecule has 1 aromatic carbocycles. The molecule has 1 fully saturated rings. The Morgan fingerprint density at radius 1 is 1.21 bits per heavy atom. The minimum Gasteiger partial charge on any atom is -0.326 e. The lowest BCUT2D eigenvalue weighted by Crippen LogP contribution is -2.23. The van der Waals surface area contributed by atoms with Crippen molar-refractivity contribution >= 4 is 22.6 Å². The molecule has 0 radical (unpaired) electrons. The molecule has 0 atom stereocenters. The molecule has 0 saturated heterocycles. The first kappa shape index (κ1) is 12.0. The maximum atomic E-state index is 11.8. The summed E-state index contributed by atoms with van der Waals surface area (Å²) in [6.45, 7) is 0.740. The molecular weight excluding hydrogens is 240 g/mol. The van der Waals surface area contributed by atoms with Gasteiger partial charge in [0.05, 0.1) is 11.0 Å². The van der Waals surface area contributed by atoms with Crippen molar-refractivity contribution in [3.05, 3.63) is 30.6 Å². The Hall–Kier alpha value is -2.01. The molecule has 0 bridgehead atoms. The molecule has 3 rings (SSSR count). The van der Waals surface area contributed by atoms with Gasteiger partial charge in [-0.25, -0.2) is 0 Å². The SMILES string of the molecule is O=C(CCNC1CC1)Nc1ccc2nccnc2c1. The van der Waals surface area contributed by atoms with Gasteiger partial charge in [0.1, 0.15) is 0 Å². The third-order valence-electron chi connectivity index (χ3n) is 3.12. The van der Waals surface area contributed by atoms with Gasteiger partial charge >= 0.3 is 0 Å². The number of anilines is 1. The van der Waals surface area contributed by atoms with Gasteiger partial charge in [-0.1, -0.05) is 0 Å². The fourth-order valence-corrected chi connectivity index (χ4v) is 1.94. The molecule has 2 N–H and O–H groups in total. The van der Waals surface area contributed by atoms with E-state index in [0.717, 1.165) is 23.3 Å². The molecule has 1 heterocycles. The van der Waals surface area contributed by atoms with Crippen LogP contribution < -0.4 is 10.6 Å². The van der Waals surface area contributed by atoms with Crippen LogP contribution in [-0.4, -0.2) is 28.5 Å². The summed E-state index contributed by atoms with van der Waals surface area (Å²) in [7, 11) is 0. The minimum atomic E-state index is 0.0244. The van der Waals surface area contributed by atoms with Crippen LogP contribution in [0, 0.1) is 0 Å². The zero-order valence-corrected chi connectivity index (χ0v) is 10.6. The van der Waals surface area contributed by atoms with Crippen molar-refractivity contribution in [3.8, 4) is 0 Å². The second-order valence-electron chi connectivity index (χ2n) is 4.79. The minimum absolute atomic E-state index is 0.0244. The summed E-state index contributed by atoms with van der Waals surface area (Å²) >= 11 is 0. The second-order valence-corrected chi connectivity index (χ2v) is 4.79. The number of aromatic nitrogens is 2. The molecule has 0 spiro atoms. The summed E-state index contributed by atoms with van der Waals surface area (Å²) in [6, 6.07) is 6.20. The predicted molar refractivity (Wildman–Crippen MR) is 73.8 cm³/mol. The smallest absolute Gasteiger partial charge is 0.225 e. The fraction of sp³-hybridized carbons (Fsp3) is 0.357. The first-order valence-corrected chi connectivity index (χ1v) is 6.55. The lowest BCUT2D eigenvalue weighted by Gasteiger charge is -2.06. The van der Waals surface area contributed by atoms with Crippen LogP contribution in [0.5, 0.6) is 0 Å². The molecule has 0 unspecified atom stereocenters. The summed E-state index contributed by atoms with van der Waals surface area (Å²) in [5.41, 5.74) is 2.39. The van der Waals surface area contributed by atoms with E-state index in [-0.39, 0.29) is 5.91 Å². The molecule has 1 saturated carbocycles. The van der Waals surface area contributed by atoms with Crippen molar-refractivity contribution in [2.45, 2.75) is 25.3 Å². The molecule has 1 aliphatic rings. The van der Waals surface area contributed by atoms with Gasteiger partial charge in [-0.15, -0.1) is 0 Å². The summed E-state index contributed by atoms with van der Waals surface area (Å²) in [5, 5.41) is 6.20. The van der Waals surface area contributed by atoms with Gasteiger partial charge in [0.15, 0.2) is 0 Å². The highest BCUT2D eigenvalue weighted by atomic mass is 16.1. The lowest BCUT2D eigenvalue weighted by atomic mass is 10.2. The average Bonchev–Trinajstić information content (AvgIpc) is 3.23. The van der Waals surface area contributed by atoms with Crippen LogP contribution in [0.1, 0.15) is 19.3 Å². The molecule has 0 aliphatic heterocycles. The third-order valence-corrected chi connectivity index (χ3v) is 3.12. The van der Waals surface area contributed by atoms with Crippen LogP contribution in [-0.2, 0) is 4.79 Å². The standard InChI is InChI=1S/C14H16N4O/c19-14(5-6-15-10-1-2-10)18-11-3-4-12-13(9-11)17-8-7-16-12/h3-4,7-10,15H,1-2,5-6H2,(H,18,19). The van der Waals surface area contributed by atoms with Crippen molar-refractivity contribution in [1.82, 2.24) is 15.3 Å². The largest absolute Gasteiger partial charge is 0.326 e. The first-order valence-electron chi connectivity index (χ1n) is 6.55. The van der Waals surface area contributed by atoms with E-state index >= 15 is 0 Å². The number of benzene rings is 1. The third kappa shape index (κ3) is 3.26. The molecular formula is C14H16N4O. The van der Waals surface area contributed by atoms with E-state index in [1.165, 1.54) is 12.8 Å². The van der Waals surface area contributed by atoms with Gasteiger partial charge in [-0.2, -0.15) is 0 Å². The first-order chi connectivity index (χ1) is 9.31. The maximum Gasteiger partial charge on any atom is 0.225 e. The number of hydrogen-bond acceptors (Lipinski definition) is 4. The number of carbonyl (C=O) groups is 1. The molecule has 1 amide bonds. The van der Waals surface area contributed by atoms with Crippen molar-refractivity contribution in [2.75, 3.05) is 11.9 Å². The Balaban J connectivity index is 1.58. The average molecular weight is 256 g/mol. The quantitative estimate of drug-likeness (QED) is 0.854. The predicted octanol–water partition coefficient (Wildman–Crippen LogP) is 1.71. The summed E-state index contributed by atoms with van der Waals surface area (Å²) < 4.78 is 0. The molecule has 5 nitrogen and oxygen atoms in total. The van der Waals surface area contributed by atoms with Crippen molar-refractivity contribution in [3.63, 3.8) is 0 Å². The molecule has 5 heteroatoms. The van der Waals surface area contributed by atoms with E-state index in [1.54, 1.807) is 12.4 Å². The Bertz CT molecular complexity index is 595. The van der Waals surface area contributed by atoms with Gasteiger partial charge in [-0.3, -0.25) is 14.8 Å². The Morgan fingerprint density at radius 2 is 2.00 bits per heavy atom. The van der Waals surface area contributed by atoms with E-state index in [0.29, 0.717) is 12.5 Å². The van der Waals surface area contributed by atoms with E-state index in [1.807, 2.05) is 18.2 Å². The van der Waals surface area contributed by atoms with Crippen LogP contribution in [0.4, 0.5) is 5.69 Å². The second kappa shape index (κ2) is 5.32. The van der Waals surface area contributed by atoms with Gasteiger partial charge < -0.3 is 10.6 Å². The van der Waals surface area contributed by atoms with E-state index in [4.69, 9.17) is 0 Å². The van der Waals surface area contributed by atoms with Crippen LogP contribution in [0.25, 0.3) is 11.0 Å². The lowest BCUT2D eigenvalue weighted by molar-refractivity contribution is -0.116. The number of rotatable bonds is 5. The monoisotopic (exact) mass is 256 g/mol. The highest BCUT2D eigenvalue weighted by Crippen LogP contribution is 2.18. The van der Waals surface area contributed by atoms with Gasteiger partial charge in [0, 0.05) is 37.1 Å². The molecule has 2 aromatic rings. The zero-order valence-electron chi connectivity index (χ0n) is 10.6. The number of hydrogen-bond donors (Lipinski definition) is 2. The summed E-state index contributed by atoms with van der Waals surface area (Å²) in [5.74, 6) is 0.0244. The summed E-state index contributed by atoms with van der Waals surface area (Å²) in [4.78, 5) is 20.2. The van der Waals surface area contributed by atoms with Gasteiger partial charge in [0.25, 0.3) is 0 Å². The maximum absolute atomic E-state index is 11.8. The highest BCUT2D eigenvalue weighted by molar-refractivity contribution is 5.92. The van der Waals surface area contributed by atoms with E-state index in [9.17, 15) is 4.79 Å². The number of nitrogens with zero attached hydrogens (tertiary/aromatic N) is 2. The number of carbonyl (C=O) groups excluding carboxylic acids is 1. The fourth-order valence-electron chi connectivity index (χ4n) is 1.94. The topological polar surface area (TPSA) is 66.9 Å². The van der Waals surface area contributed by atoms with E-state index in [2.05, 4.69) is 20.6 Å².